The van der Waals surface area contributed by atoms with Gasteiger partial charge in [-0.15, -0.1) is 0 Å². The molecule has 0 radical (unpaired) electrons. The topological polar surface area (TPSA) is 43.1 Å². The lowest BCUT2D eigenvalue weighted by Gasteiger charge is -2.28. The van der Waals surface area contributed by atoms with Crippen LogP contribution in [0.4, 0.5) is 13.2 Å². The molecular weight excluding hydrogens is 199 g/mol. The van der Waals surface area contributed by atoms with Crippen molar-refractivity contribution in [2.75, 3.05) is 0 Å². The summed E-state index contributed by atoms with van der Waals surface area (Å²) < 4.78 is 37.2. The van der Waals surface area contributed by atoms with Gasteiger partial charge in [0.15, 0.2) is 0 Å². The van der Waals surface area contributed by atoms with Crippen LogP contribution in [-0.4, -0.2) is 16.6 Å². The minimum absolute atomic E-state index is 0.808. The molecule has 2 unspecified atom stereocenters. The maximum absolute atomic E-state index is 12.4. The van der Waals surface area contributed by atoms with Gasteiger partial charge in [-0.05, 0) is 6.08 Å². The third-order valence-electron chi connectivity index (χ3n) is 2.22. The molecule has 14 heavy (non-hydrogen) atoms. The summed E-state index contributed by atoms with van der Waals surface area (Å²) in [4.78, 5) is 9.64. The van der Waals surface area contributed by atoms with Crippen LogP contribution in [0.1, 0.15) is 6.92 Å². The van der Waals surface area contributed by atoms with Crippen molar-refractivity contribution in [3.63, 3.8) is 0 Å². The Morgan fingerprint density at radius 1 is 1.43 bits per heavy atom. The number of nitro groups is 1. The quantitative estimate of drug-likeness (QED) is 0.489. The molecule has 0 aromatic carbocycles. The number of alkyl halides is 3. The number of rotatable bonds is 1. The molecule has 1 aliphatic carbocycles. The first-order valence-electron chi connectivity index (χ1n) is 3.86. The molecule has 0 aromatic heterocycles. The third-order valence-corrected chi connectivity index (χ3v) is 2.22. The van der Waals surface area contributed by atoms with Crippen LogP contribution in [0.5, 0.6) is 0 Å². The van der Waals surface area contributed by atoms with Crippen molar-refractivity contribution in [1.29, 1.82) is 0 Å². The number of hydrogen-bond donors (Lipinski definition) is 0. The Kier molecular flexibility index (Phi) is 2.39. The van der Waals surface area contributed by atoms with Crippen LogP contribution in [0.25, 0.3) is 0 Å². The fourth-order valence-electron chi connectivity index (χ4n) is 1.34. The summed E-state index contributed by atoms with van der Waals surface area (Å²) in [6.07, 6.45) is -0.397. The van der Waals surface area contributed by atoms with Crippen LogP contribution in [0.3, 0.4) is 0 Å². The highest BCUT2D eigenvalue weighted by molar-refractivity contribution is 5.21. The van der Waals surface area contributed by atoms with Crippen LogP contribution >= 0.6 is 0 Å². The lowest BCUT2D eigenvalue weighted by molar-refractivity contribution is -0.567. The molecule has 0 N–H and O–H groups in total. The predicted molar refractivity (Wildman–Crippen MR) is 43.2 cm³/mol. The highest BCUT2D eigenvalue weighted by Crippen LogP contribution is 2.39. The average Bonchev–Trinajstić information content (AvgIpc) is 2.02. The predicted octanol–water partition coefficient (Wildman–Crippen LogP) is 2.33. The van der Waals surface area contributed by atoms with Gasteiger partial charge in [-0.25, -0.2) is 0 Å². The number of halogens is 3. The molecule has 0 heterocycles. The zero-order valence-electron chi connectivity index (χ0n) is 7.28. The monoisotopic (exact) mass is 207 g/mol. The molecule has 0 saturated carbocycles. The van der Waals surface area contributed by atoms with Gasteiger partial charge in [-0.3, -0.25) is 10.1 Å². The van der Waals surface area contributed by atoms with Crippen LogP contribution in [-0.2, 0) is 0 Å². The summed E-state index contributed by atoms with van der Waals surface area (Å²) in [6.45, 7) is 0.963. The Morgan fingerprint density at radius 2 is 2.00 bits per heavy atom. The molecule has 0 bridgehead atoms. The summed E-state index contributed by atoms with van der Waals surface area (Å²) in [5, 5.41) is 10.6. The fourth-order valence-corrected chi connectivity index (χ4v) is 1.34. The normalized spacial score (nSPS) is 31.9. The average molecular weight is 207 g/mol. The zero-order valence-corrected chi connectivity index (χ0v) is 7.28. The van der Waals surface area contributed by atoms with E-state index in [1.807, 2.05) is 0 Å². The van der Waals surface area contributed by atoms with E-state index in [9.17, 15) is 23.3 Å². The van der Waals surface area contributed by atoms with Crippen molar-refractivity contribution < 1.29 is 18.1 Å². The molecular formula is C8H8F3NO2. The first-order valence-corrected chi connectivity index (χ1v) is 3.86. The van der Waals surface area contributed by atoms with E-state index >= 15 is 0 Å². The van der Waals surface area contributed by atoms with Crippen LogP contribution < -0.4 is 0 Å². The summed E-state index contributed by atoms with van der Waals surface area (Å²) >= 11 is 0. The summed E-state index contributed by atoms with van der Waals surface area (Å²) in [6, 6.07) is 0. The lowest BCUT2D eigenvalue weighted by atomic mass is 9.82. The van der Waals surface area contributed by atoms with Gasteiger partial charge < -0.3 is 0 Å². The van der Waals surface area contributed by atoms with Crippen molar-refractivity contribution >= 4 is 0 Å². The van der Waals surface area contributed by atoms with Crippen LogP contribution in [0.15, 0.2) is 24.3 Å². The molecule has 0 aliphatic heterocycles. The summed E-state index contributed by atoms with van der Waals surface area (Å²) in [5.41, 5.74) is -2.09. The number of nitrogens with zero attached hydrogens (tertiary/aromatic N) is 1. The molecule has 1 aliphatic rings. The molecule has 3 nitrogen and oxygen atoms in total. The van der Waals surface area contributed by atoms with E-state index in [4.69, 9.17) is 0 Å². The molecule has 78 valence electrons. The van der Waals surface area contributed by atoms with Crippen molar-refractivity contribution in [3.05, 3.63) is 34.4 Å². The van der Waals surface area contributed by atoms with E-state index in [0.29, 0.717) is 0 Å². The SMILES string of the molecule is CC1([N+](=O)[O-])C=CC=CC1C(F)(F)F. The Labute approximate surface area is 78.1 Å². The highest BCUT2D eigenvalue weighted by atomic mass is 19.4. The van der Waals surface area contributed by atoms with E-state index in [-0.39, 0.29) is 0 Å². The zero-order chi connectivity index (χ0) is 11.0. The minimum Gasteiger partial charge on any atom is -0.264 e. The maximum Gasteiger partial charge on any atom is 0.402 e. The van der Waals surface area contributed by atoms with Gasteiger partial charge in [0.25, 0.3) is 5.54 Å². The lowest BCUT2D eigenvalue weighted by Crippen LogP contribution is -2.47. The van der Waals surface area contributed by atoms with Crippen LogP contribution in [0.2, 0.25) is 0 Å². The molecule has 0 aromatic rings. The number of hydrogen-bond acceptors (Lipinski definition) is 2. The maximum atomic E-state index is 12.4. The van der Waals surface area contributed by atoms with E-state index in [0.717, 1.165) is 19.1 Å². The summed E-state index contributed by atoms with van der Waals surface area (Å²) in [5.74, 6) is -2.06. The molecule has 0 amide bonds. The van der Waals surface area contributed by atoms with E-state index in [1.165, 1.54) is 12.2 Å². The Balaban J connectivity index is 3.11. The van der Waals surface area contributed by atoms with E-state index in [1.54, 1.807) is 0 Å². The largest absolute Gasteiger partial charge is 0.402 e. The second-order valence-corrected chi connectivity index (χ2v) is 3.25. The Bertz CT molecular complexity index is 308. The summed E-state index contributed by atoms with van der Waals surface area (Å²) in [7, 11) is 0. The fraction of sp³-hybridized carbons (Fsp3) is 0.500. The molecule has 6 heteroatoms. The van der Waals surface area contributed by atoms with Crippen molar-refractivity contribution in [2.24, 2.45) is 5.92 Å². The van der Waals surface area contributed by atoms with Crippen molar-refractivity contribution in [2.45, 2.75) is 18.6 Å². The Hall–Kier alpha value is -1.33. The van der Waals surface area contributed by atoms with Gasteiger partial charge in [-0.2, -0.15) is 13.2 Å². The minimum atomic E-state index is -4.59. The van der Waals surface area contributed by atoms with Crippen molar-refractivity contribution in [3.8, 4) is 0 Å². The standard InChI is InChI=1S/C8H8F3NO2/c1-7(12(13)14)5-3-2-4-6(7)8(9,10)11/h2-6H,1H3. The molecule has 0 fully saturated rings. The van der Waals surface area contributed by atoms with Gasteiger partial charge in [0, 0.05) is 11.8 Å². The third kappa shape index (κ3) is 1.64. The smallest absolute Gasteiger partial charge is 0.264 e. The van der Waals surface area contributed by atoms with Gasteiger partial charge in [0.1, 0.15) is 5.92 Å². The first-order chi connectivity index (χ1) is 6.28. The molecule has 1 rings (SSSR count). The van der Waals surface area contributed by atoms with Gasteiger partial charge in [0.05, 0.1) is 0 Å². The second-order valence-electron chi connectivity index (χ2n) is 3.25. The van der Waals surface area contributed by atoms with Gasteiger partial charge in [-0.1, -0.05) is 18.2 Å². The van der Waals surface area contributed by atoms with E-state index in [2.05, 4.69) is 0 Å². The van der Waals surface area contributed by atoms with E-state index < -0.39 is 22.6 Å². The number of allylic oxidation sites excluding steroid dienone is 2. The Morgan fingerprint density at radius 3 is 2.36 bits per heavy atom. The molecule has 0 saturated heterocycles. The van der Waals surface area contributed by atoms with Crippen molar-refractivity contribution in [1.82, 2.24) is 0 Å². The second kappa shape index (κ2) is 3.11. The molecule has 2 atom stereocenters. The highest BCUT2D eigenvalue weighted by Gasteiger charge is 2.56. The van der Waals surface area contributed by atoms with Gasteiger partial charge in [0.2, 0.25) is 0 Å². The van der Waals surface area contributed by atoms with Gasteiger partial charge >= 0.3 is 6.18 Å². The first kappa shape index (κ1) is 10.7. The molecule has 0 spiro atoms. The van der Waals surface area contributed by atoms with Crippen LogP contribution in [0, 0.1) is 16.0 Å².